The van der Waals surface area contributed by atoms with Crippen LogP contribution in [0.25, 0.3) is 33.1 Å². The number of rotatable bonds is 2. The van der Waals surface area contributed by atoms with Gasteiger partial charge < -0.3 is 4.42 Å². The Bertz CT molecular complexity index is 1330. The van der Waals surface area contributed by atoms with E-state index < -0.39 is 0 Å². The second kappa shape index (κ2) is 6.75. The highest BCUT2D eigenvalue weighted by atomic mass is 16.3. The van der Waals surface area contributed by atoms with Gasteiger partial charge in [0.1, 0.15) is 11.2 Å². The Morgan fingerprint density at radius 2 is 1.21 bits per heavy atom. The molecule has 3 aromatic carbocycles. The van der Waals surface area contributed by atoms with Gasteiger partial charge >= 0.3 is 0 Å². The fourth-order valence-electron chi connectivity index (χ4n) is 7.90. The topological polar surface area (TPSA) is 13.1 Å². The van der Waals surface area contributed by atoms with Crippen molar-refractivity contribution < 1.29 is 4.42 Å². The first-order valence-corrected chi connectivity index (χ1v) is 12.9. The van der Waals surface area contributed by atoms with Crippen LogP contribution in [0.1, 0.15) is 70.4 Å². The third kappa shape index (κ3) is 3.11. The lowest BCUT2D eigenvalue weighted by Crippen LogP contribution is -2.48. The molecule has 0 N–H and O–H groups in total. The standard InChI is InChI=1S/C32H34O/c1-31(2,3)26-9-11-28-27-10-6-24(15-29(27)33-30(28)16-26)23-4-7-25(8-5-23)32-17-20-12-21(18-32)14-22(13-20)19-32/h4-11,15-16,20-22H,12-14,17-19H2,1-3H3. The first-order valence-electron chi connectivity index (χ1n) is 12.9. The molecule has 4 aliphatic rings. The van der Waals surface area contributed by atoms with Gasteiger partial charge in [-0.05, 0) is 108 Å². The summed E-state index contributed by atoms with van der Waals surface area (Å²) in [5.74, 6) is 2.97. The predicted molar refractivity (Wildman–Crippen MR) is 138 cm³/mol. The fraction of sp³-hybridized carbons (Fsp3) is 0.438. The third-order valence-electron chi connectivity index (χ3n) is 9.21. The molecule has 1 heterocycles. The highest BCUT2D eigenvalue weighted by Gasteiger charge is 2.51. The summed E-state index contributed by atoms with van der Waals surface area (Å²) in [5, 5.41) is 2.42. The van der Waals surface area contributed by atoms with Crippen LogP contribution in [0.2, 0.25) is 0 Å². The van der Waals surface area contributed by atoms with E-state index in [1.54, 1.807) is 5.56 Å². The Morgan fingerprint density at radius 1 is 0.667 bits per heavy atom. The highest BCUT2D eigenvalue weighted by Crippen LogP contribution is 2.60. The van der Waals surface area contributed by atoms with Crippen molar-refractivity contribution in [3.63, 3.8) is 0 Å². The molecule has 1 aromatic heterocycles. The zero-order valence-corrected chi connectivity index (χ0v) is 20.2. The Labute approximate surface area is 197 Å². The zero-order chi connectivity index (χ0) is 22.4. The van der Waals surface area contributed by atoms with Gasteiger partial charge in [0.2, 0.25) is 0 Å². The summed E-state index contributed by atoms with van der Waals surface area (Å²) in [6.45, 7) is 6.76. The molecular formula is C32H34O. The van der Waals surface area contributed by atoms with Crippen molar-refractivity contribution in [2.75, 3.05) is 0 Å². The van der Waals surface area contributed by atoms with Gasteiger partial charge in [0.25, 0.3) is 0 Å². The van der Waals surface area contributed by atoms with Gasteiger partial charge in [0.05, 0.1) is 0 Å². The maximum absolute atomic E-state index is 6.34. The van der Waals surface area contributed by atoms with Gasteiger partial charge in [-0.3, -0.25) is 0 Å². The van der Waals surface area contributed by atoms with Gasteiger partial charge in [0, 0.05) is 10.8 Å². The SMILES string of the molecule is CC(C)(C)c1ccc2c(c1)oc1cc(-c3ccc(C45CC6CC(CC(C6)C4)C5)cc3)ccc12. The van der Waals surface area contributed by atoms with Crippen molar-refractivity contribution in [1.82, 2.24) is 0 Å². The number of benzene rings is 3. The first-order chi connectivity index (χ1) is 15.9. The second-order valence-electron chi connectivity index (χ2n) is 12.5. The zero-order valence-electron chi connectivity index (χ0n) is 20.2. The molecule has 1 nitrogen and oxygen atoms in total. The summed E-state index contributed by atoms with van der Waals surface area (Å²) in [5.41, 5.74) is 8.03. The van der Waals surface area contributed by atoms with Crippen molar-refractivity contribution in [2.45, 2.75) is 70.1 Å². The Balaban J connectivity index is 1.23. The number of hydrogen-bond acceptors (Lipinski definition) is 1. The molecule has 0 radical (unpaired) electrons. The van der Waals surface area contributed by atoms with Gasteiger partial charge in [-0.15, -0.1) is 0 Å². The van der Waals surface area contributed by atoms with Crippen LogP contribution >= 0.6 is 0 Å². The van der Waals surface area contributed by atoms with Gasteiger partial charge in [-0.1, -0.05) is 63.2 Å². The van der Waals surface area contributed by atoms with E-state index >= 15 is 0 Å². The molecule has 4 saturated carbocycles. The van der Waals surface area contributed by atoms with Crippen molar-refractivity contribution in [2.24, 2.45) is 17.8 Å². The van der Waals surface area contributed by atoms with Crippen molar-refractivity contribution in [1.29, 1.82) is 0 Å². The third-order valence-corrected chi connectivity index (χ3v) is 9.21. The lowest BCUT2D eigenvalue weighted by molar-refractivity contribution is -0.00518. The van der Waals surface area contributed by atoms with E-state index in [0.717, 1.165) is 28.9 Å². The maximum atomic E-state index is 6.34. The molecular weight excluding hydrogens is 400 g/mol. The molecule has 33 heavy (non-hydrogen) atoms. The van der Waals surface area contributed by atoms with Crippen LogP contribution in [-0.2, 0) is 10.8 Å². The average molecular weight is 435 g/mol. The molecule has 0 atom stereocenters. The summed E-state index contributed by atoms with van der Waals surface area (Å²) in [7, 11) is 0. The van der Waals surface area contributed by atoms with E-state index in [-0.39, 0.29) is 5.41 Å². The number of fused-ring (bicyclic) bond motifs is 3. The molecule has 0 aliphatic heterocycles. The molecule has 0 saturated heterocycles. The number of hydrogen-bond donors (Lipinski definition) is 0. The summed E-state index contributed by atoms with van der Waals surface area (Å²) in [6, 6.07) is 23.0. The highest BCUT2D eigenvalue weighted by molar-refractivity contribution is 6.06. The van der Waals surface area contributed by atoms with E-state index in [4.69, 9.17) is 4.42 Å². The van der Waals surface area contributed by atoms with Crippen LogP contribution in [0, 0.1) is 17.8 Å². The van der Waals surface area contributed by atoms with E-state index in [1.807, 2.05) is 0 Å². The first kappa shape index (κ1) is 19.9. The minimum Gasteiger partial charge on any atom is -0.456 e. The van der Waals surface area contributed by atoms with E-state index in [1.165, 1.54) is 66.0 Å². The fourth-order valence-corrected chi connectivity index (χ4v) is 7.90. The molecule has 168 valence electrons. The summed E-state index contributed by atoms with van der Waals surface area (Å²) >= 11 is 0. The van der Waals surface area contributed by atoms with Crippen molar-refractivity contribution in [3.8, 4) is 11.1 Å². The van der Waals surface area contributed by atoms with Crippen LogP contribution in [0.3, 0.4) is 0 Å². The molecule has 4 bridgehead atoms. The molecule has 8 rings (SSSR count). The molecule has 4 fully saturated rings. The summed E-state index contributed by atoms with van der Waals surface area (Å²) < 4.78 is 6.34. The van der Waals surface area contributed by atoms with Crippen LogP contribution in [-0.4, -0.2) is 0 Å². The van der Waals surface area contributed by atoms with Gasteiger partial charge in [-0.25, -0.2) is 0 Å². The summed E-state index contributed by atoms with van der Waals surface area (Å²) in [4.78, 5) is 0. The van der Waals surface area contributed by atoms with Gasteiger partial charge in [0.15, 0.2) is 0 Å². The molecule has 4 aliphatic carbocycles. The Morgan fingerprint density at radius 3 is 1.82 bits per heavy atom. The van der Waals surface area contributed by atoms with E-state index in [0.29, 0.717) is 5.41 Å². The molecule has 0 spiro atoms. The van der Waals surface area contributed by atoms with Gasteiger partial charge in [-0.2, -0.15) is 0 Å². The molecule has 1 heteroatoms. The second-order valence-corrected chi connectivity index (χ2v) is 12.5. The largest absolute Gasteiger partial charge is 0.456 e. The lowest BCUT2D eigenvalue weighted by Gasteiger charge is -2.57. The summed E-state index contributed by atoms with van der Waals surface area (Å²) in [6.07, 6.45) is 8.81. The van der Waals surface area contributed by atoms with Crippen LogP contribution in [0.5, 0.6) is 0 Å². The van der Waals surface area contributed by atoms with Crippen LogP contribution < -0.4 is 0 Å². The van der Waals surface area contributed by atoms with Crippen LogP contribution in [0.4, 0.5) is 0 Å². The maximum Gasteiger partial charge on any atom is 0.136 e. The van der Waals surface area contributed by atoms with E-state index in [2.05, 4.69) is 81.4 Å². The van der Waals surface area contributed by atoms with Crippen molar-refractivity contribution in [3.05, 3.63) is 71.8 Å². The molecule has 0 amide bonds. The minimum absolute atomic E-state index is 0.122. The smallest absolute Gasteiger partial charge is 0.136 e. The lowest BCUT2D eigenvalue weighted by atomic mass is 9.48. The quantitative estimate of drug-likeness (QED) is 0.307. The van der Waals surface area contributed by atoms with Crippen molar-refractivity contribution >= 4 is 21.9 Å². The molecule has 0 unspecified atom stereocenters. The Hall–Kier alpha value is -2.54. The van der Waals surface area contributed by atoms with E-state index in [9.17, 15) is 0 Å². The average Bonchev–Trinajstić information content (AvgIpc) is 3.15. The monoisotopic (exact) mass is 434 g/mol. The minimum atomic E-state index is 0.122. The number of furan rings is 1. The Kier molecular flexibility index (Phi) is 4.07. The molecule has 4 aromatic rings. The van der Waals surface area contributed by atoms with Crippen LogP contribution in [0.15, 0.2) is 65.1 Å². The normalized spacial score (nSPS) is 28.8. The predicted octanol–water partition coefficient (Wildman–Crippen LogP) is 9.02.